The number of aryl methyl sites for hydroxylation is 1. The number of carbonyl (C=O) groups is 2. The first-order valence-electron chi connectivity index (χ1n) is 10.5. The van der Waals surface area contributed by atoms with Crippen LogP contribution in [0.5, 0.6) is 11.5 Å². The zero-order chi connectivity index (χ0) is 22.5. The third-order valence-corrected chi connectivity index (χ3v) is 5.46. The van der Waals surface area contributed by atoms with E-state index >= 15 is 0 Å². The molecule has 1 aromatic heterocycles. The minimum absolute atomic E-state index is 0.118. The first-order valence-corrected chi connectivity index (χ1v) is 10.5. The van der Waals surface area contributed by atoms with E-state index in [1.54, 1.807) is 35.9 Å². The Kier molecular flexibility index (Phi) is 6.39. The Bertz CT molecular complexity index is 1110. The zero-order valence-electron chi connectivity index (χ0n) is 18.2. The van der Waals surface area contributed by atoms with Gasteiger partial charge in [-0.05, 0) is 18.1 Å². The molecule has 0 saturated carbocycles. The molecule has 2 amide bonds. The van der Waals surface area contributed by atoms with Crippen LogP contribution in [0.25, 0.3) is 0 Å². The largest absolute Gasteiger partial charge is 0.493 e. The van der Waals surface area contributed by atoms with Crippen LogP contribution in [0.2, 0.25) is 0 Å². The summed E-state index contributed by atoms with van der Waals surface area (Å²) in [4.78, 5) is 27.7. The molecule has 0 fully saturated rings. The van der Waals surface area contributed by atoms with Crippen molar-refractivity contribution in [3.63, 3.8) is 0 Å². The van der Waals surface area contributed by atoms with Crippen LogP contribution in [0, 0.1) is 0 Å². The lowest BCUT2D eigenvalue weighted by Crippen LogP contribution is -2.30. The molecule has 1 N–H and O–H groups in total. The monoisotopic (exact) mass is 434 g/mol. The predicted octanol–water partition coefficient (Wildman–Crippen LogP) is 2.88. The van der Waals surface area contributed by atoms with E-state index in [0.29, 0.717) is 36.8 Å². The lowest BCUT2D eigenvalue weighted by atomic mass is 10.2. The van der Waals surface area contributed by atoms with Gasteiger partial charge in [0.25, 0.3) is 11.8 Å². The summed E-state index contributed by atoms with van der Waals surface area (Å²) in [7, 11) is 3.12. The molecule has 0 unspecified atom stereocenters. The van der Waals surface area contributed by atoms with Crippen LogP contribution >= 0.6 is 0 Å². The van der Waals surface area contributed by atoms with E-state index in [0.717, 1.165) is 17.5 Å². The summed E-state index contributed by atoms with van der Waals surface area (Å²) in [6, 6.07) is 16.9. The molecule has 8 nitrogen and oxygen atoms in total. The number of amides is 2. The second kappa shape index (κ2) is 9.55. The molecule has 32 heavy (non-hydrogen) atoms. The normalized spacial score (nSPS) is 13.3. The van der Waals surface area contributed by atoms with E-state index in [9.17, 15) is 9.59 Å². The van der Waals surface area contributed by atoms with Gasteiger partial charge in [-0.15, -0.1) is 0 Å². The summed E-state index contributed by atoms with van der Waals surface area (Å²) in [5, 5.41) is 7.25. The highest BCUT2D eigenvalue weighted by atomic mass is 16.5. The summed E-state index contributed by atoms with van der Waals surface area (Å²) >= 11 is 0. The smallest absolute Gasteiger partial charge is 0.272 e. The van der Waals surface area contributed by atoms with Crippen LogP contribution in [0.1, 0.15) is 38.5 Å². The molecule has 1 aliphatic heterocycles. The number of methoxy groups -OCH3 is 2. The van der Waals surface area contributed by atoms with Crippen LogP contribution in [0.4, 0.5) is 0 Å². The van der Waals surface area contributed by atoms with Crippen molar-refractivity contribution in [1.82, 2.24) is 20.0 Å². The molecule has 1 aliphatic rings. The summed E-state index contributed by atoms with van der Waals surface area (Å²) in [5.74, 6) is 0.699. The van der Waals surface area contributed by atoms with Crippen LogP contribution in [-0.2, 0) is 19.6 Å². The van der Waals surface area contributed by atoms with Crippen molar-refractivity contribution in [2.45, 2.75) is 26.1 Å². The molecule has 0 bridgehead atoms. The quantitative estimate of drug-likeness (QED) is 0.618. The average Bonchev–Trinajstić information content (AvgIpc) is 3.20. The summed E-state index contributed by atoms with van der Waals surface area (Å²) in [5.41, 5.74) is 2.50. The van der Waals surface area contributed by atoms with Crippen molar-refractivity contribution in [3.8, 4) is 11.5 Å². The highest BCUT2D eigenvalue weighted by Crippen LogP contribution is 2.30. The number of hydrogen-bond donors (Lipinski definition) is 1. The van der Waals surface area contributed by atoms with Gasteiger partial charge in [0.05, 0.1) is 14.2 Å². The average molecular weight is 434 g/mol. The molecule has 3 aromatic rings. The lowest BCUT2D eigenvalue weighted by molar-refractivity contribution is 0.0745. The van der Waals surface area contributed by atoms with Gasteiger partial charge in [0.1, 0.15) is 5.69 Å². The number of fused-ring (bicyclic) bond motifs is 1. The number of para-hydroxylation sites is 1. The number of carbonyl (C=O) groups excluding carboxylic acids is 2. The van der Waals surface area contributed by atoms with Crippen LogP contribution in [0.15, 0.2) is 54.6 Å². The first kappa shape index (κ1) is 21.4. The zero-order valence-corrected chi connectivity index (χ0v) is 18.2. The number of rotatable bonds is 7. The minimum Gasteiger partial charge on any atom is -0.493 e. The lowest BCUT2D eigenvalue weighted by Gasteiger charge is -2.20. The first-order chi connectivity index (χ1) is 15.6. The molecule has 8 heteroatoms. The van der Waals surface area contributed by atoms with Gasteiger partial charge in [0.2, 0.25) is 0 Å². The van der Waals surface area contributed by atoms with Crippen molar-refractivity contribution < 1.29 is 19.1 Å². The third kappa shape index (κ3) is 4.44. The maximum absolute atomic E-state index is 13.1. The number of hydrogen-bond acceptors (Lipinski definition) is 5. The second-order valence-electron chi connectivity index (χ2n) is 7.54. The number of aromatic nitrogens is 2. The van der Waals surface area contributed by atoms with Gasteiger partial charge in [-0.25, -0.2) is 0 Å². The maximum Gasteiger partial charge on any atom is 0.272 e. The van der Waals surface area contributed by atoms with Gasteiger partial charge in [0.15, 0.2) is 17.2 Å². The fraction of sp³-hybridized carbons (Fsp3) is 0.292. The molecule has 2 aromatic carbocycles. The standard InChI is InChI=1S/C24H26N4O4/c1-31-21-11-6-10-18(22(21)32-2)15-25-23(29)19-14-20-24(30)27(12-7-13-28(20)26-19)16-17-8-4-3-5-9-17/h3-6,8-11,14H,7,12-13,15-16H2,1-2H3,(H,25,29). The second-order valence-corrected chi connectivity index (χ2v) is 7.54. The fourth-order valence-electron chi connectivity index (χ4n) is 3.86. The molecule has 0 radical (unpaired) electrons. The summed E-state index contributed by atoms with van der Waals surface area (Å²) in [6.07, 6.45) is 0.773. The van der Waals surface area contributed by atoms with E-state index in [2.05, 4.69) is 10.4 Å². The van der Waals surface area contributed by atoms with Crippen molar-refractivity contribution >= 4 is 11.8 Å². The van der Waals surface area contributed by atoms with Gasteiger partial charge >= 0.3 is 0 Å². The van der Waals surface area contributed by atoms with Crippen LogP contribution < -0.4 is 14.8 Å². The summed E-state index contributed by atoms with van der Waals surface area (Å²) < 4.78 is 12.4. The molecule has 0 atom stereocenters. The molecular weight excluding hydrogens is 408 g/mol. The Morgan fingerprint density at radius 3 is 2.62 bits per heavy atom. The summed E-state index contributed by atoms with van der Waals surface area (Å²) in [6.45, 7) is 2.01. The Morgan fingerprint density at radius 2 is 1.88 bits per heavy atom. The molecular formula is C24H26N4O4. The number of benzene rings is 2. The van der Waals surface area contributed by atoms with E-state index in [1.807, 2.05) is 42.5 Å². The SMILES string of the molecule is COc1cccc(CNC(=O)c2cc3n(n2)CCCN(Cc2ccccc2)C3=O)c1OC. The maximum atomic E-state index is 13.1. The molecule has 0 spiro atoms. The topological polar surface area (TPSA) is 85.7 Å². The molecule has 4 rings (SSSR count). The highest BCUT2D eigenvalue weighted by Gasteiger charge is 2.26. The molecule has 0 aliphatic carbocycles. The number of nitrogens with one attached hydrogen (secondary N) is 1. The Hall–Kier alpha value is -3.81. The van der Waals surface area contributed by atoms with Gasteiger partial charge in [-0.3, -0.25) is 14.3 Å². The van der Waals surface area contributed by atoms with E-state index in [-0.39, 0.29) is 24.1 Å². The van der Waals surface area contributed by atoms with E-state index in [1.165, 1.54) is 0 Å². The van der Waals surface area contributed by atoms with E-state index in [4.69, 9.17) is 9.47 Å². The Labute approximate surface area is 186 Å². The van der Waals surface area contributed by atoms with Gasteiger partial charge in [-0.1, -0.05) is 42.5 Å². The molecule has 166 valence electrons. The Balaban J connectivity index is 1.48. The molecule has 0 saturated heterocycles. The fourth-order valence-corrected chi connectivity index (χ4v) is 3.86. The van der Waals surface area contributed by atoms with Crippen LogP contribution in [-0.4, -0.2) is 47.3 Å². The van der Waals surface area contributed by atoms with Crippen molar-refractivity contribution in [3.05, 3.63) is 77.1 Å². The van der Waals surface area contributed by atoms with Gasteiger partial charge in [-0.2, -0.15) is 5.10 Å². The van der Waals surface area contributed by atoms with Crippen LogP contribution in [0.3, 0.4) is 0 Å². The Morgan fingerprint density at radius 1 is 1.06 bits per heavy atom. The predicted molar refractivity (Wildman–Crippen MR) is 119 cm³/mol. The van der Waals surface area contributed by atoms with Crippen molar-refractivity contribution in [2.24, 2.45) is 0 Å². The van der Waals surface area contributed by atoms with Crippen molar-refractivity contribution in [2.75, 3.05) is 20.8 Å². The molecule has 2 heterocycles. The number of nitrogens with zero attached hydrogens (tertiary/aromatic N) is 3. The van der Waals surface area contributed by atoms with Crippen molar-refractivity contribution in [1.29, 1.82) is 0 Å². The van der Waals surface area contributed by atoms with Gasteiger partial charge in [0, 0.05) is 37.8 Å². The third-order valence-electron chi connectivity index (χ3n) is 5.46. The highest BCUT2D eigenvalue weighted by molar-refractivity contribution is 5.98. The van der Waals surface area contributed by atoms with Gasteiger partial charge < -0.3 is 19.7 Å². The minimum atomic E-state index is -0.349. The van der Waals surface area contributed by atoms with E-state index < -0.39 is 0 Å². The number of ether oxygens (including phenoxy) is 2.